The van der Waals surface area contributed by atoms with Crippen LogP contribution in [0.15, 0.2) is 53.2 Å². The Hall–Kier alpha value is -3.29. The van der Waals surface area contributed by atoms with E-state index in [1.54, 1.807) is 30.4 Å². The van der Waals surface area contributed by atoms with Crippen LogP contribution in [0.5, 0.6) is 0 Å². The number of carbonyl (C=O) groups excluding carboxylic acids is 1. The van der Waals surface area contributed by atoms with Crippen molar-refractivity contribution in [3.8, 4) is 11.5 Å². The Balaban J connectivity index is 1.53. The maximum Gasteiger partial charge on any atom is 0.326 e. The van der Waals surface area contributed by atoms with Crippen LogP contribution in [0, 0.1) is 0 Å². The van der Waals surface area contributed by atoms with Crippen molar-refractivity contribution in [3.05, 3.63) is 54.7 Å². The smallest absolute Gasteiger partial charge is 0.326 e. The topological polar surface area (TPSA) is 94.2 Å². The summed E-state index contributed by atoms with van der Waals surface area (Å²) >= 11 is 0. The fraction of sp³-hybridized carbons (Fsp3) is 0.188. The van der Waals surface area contributed by atoms with Crippen LogP contribution in [-0.4, -0.2) is 39.7 Å². The number of ether oxygens (including phenoxy) is 1. The van der Waals surface area contributed by atoms with Crippen LogP contribution in [-0.2, 0) is 16.1 Å². The van der Waals surface area contributed by atoms with Crippen molar-refractivity contribution in [3.63, 3.8) is 0 Å². The highest BCUT2D eigenvalue weighted by Gasteiger charge is 2.13. The Kier molecular flexibility index (Phi) is 4.76. The van der Waals surface area contributed by atoms with Gasteiger partial charge in [0, 0.05) is 25.0 Å². The highest BCUT2D eigenvalue weighted by molar-refractivity contribution is 5.74. The van der Waals surface area contributed by atoms with E-state index in [1.165, 1.54) is 0 Å². The van der Waals surface area contributed by atoms with Crippen LogP contribution in [0.25, 0.3) is 11.5 Å². The van der Waals surface area contributed by atoms with Crippen molar-refractivity contribution in [2.75, 3.05) is 18.5 Å². The van der Waals surface area contributed by atoms with Gasteiger partial charge >= 0.3 is 5.97 Å². The normalized spacial score (nSPS) is 10.4. The van der Waals surface area contributed by atoms with Gasteiger partial charge in [-0.1, -0.05) is 18.2 Å². The van der Waals surface area contributed by atoms with Crippen molar-refractivity contribution in [2.45, 2.75) is 6.61 Å². The molecule has 3 aromatic rings. The van der Waals surface area contributed by atoms with Gasteiger partial charge in [-0.3, -0.25) is 4.79 Å². The zero-order valence-electron chi connectivity index (χ0n) is 13.0. The van der Waals surface area contributed by atoms with Crippen LogP contribution in [0.1, 0.15) is 5.89 Å². The third kappa shape index (κ3) is 3.92. The maximum atomic E-state index is 11.9. The molecule has 0 aliphatic carbocycles. The number of aromatic nitrogens is 4. The van der Waals surface area contributed by atoms with E-state index < -0.39 is 5.97 Å². The first-order chi connectivity index (χ1) is 11.7. The van der Waals surface area contributed by atoms with Crippen LogP contribution in [0.4, 0.5) is 5.95 Å². The van der Waals surface area contributed by atoms with Gasteiger partial charge < -0.3 is 14.1 Å². The number of hydrogen-bond acceptors (Lipinski definition) is 8. The molecule has 0 saturated heterocycles. The molecular weight excluding hydrogens is 310 g/mol. The lowest BCUT2D eigenvalue weighted by Crippen LogP contribution is -2.28. The molecule has 1 aromatic carbocycles. The van der Waals surface area contributed by atoms with Crippen molar-refractivity contribution in [2.24, 2.45) is 0 Å². The van der Waals surface area contributed by atoms with Crippen LogP contribution in [0.3, 0.4) is 0 Å². The van der Waals surface area contributed by atoms with E-state index in [0.29, 0.717) is 11.8 Å². The summed E-state index contributed by atoms with van der Waals surface area (Å²) in [5.41, 5.74) is 0.809. The molecule has 3 rings (SSSR count). The molecule has 0 aliphatic heterocycles. The minimum atomic E-state index is -0.440. The minimum Gasteiger partial charge on any atom is -0.454 e. The first kappa shape index (κ1) is 15.6. The number of anilines is 1. The molecule has 2 heterocycles. The van der Waals surface area contributed by atoms with Gasteiger partial charge in [0.15, 0.2) is 6.61 Å². The fourth-order valence-electron chi connectivity index (χ4n) is 1.95. The standard InChI is InChI=1S/C16H15N5O3/c1-21(16-17-8-5-9-18-16)10-14(22)23-11-13-19-20-15(24-13)12-6-3-2-4-7-12/h2-9H,10-11H2,1H3. The highest BCUT2D eigenvalue weighted by Crippen LogP contribution is 2.17. The molecule has 0 aliphatic rings. The number of carbonyl (C=O) groups is 1. The van der Waals surface area contributed by atoms with Crippen molar-refractivity contribution < 1.29 is 13.9 Å². The first-order valence-corrected chi connectivity index (χ1v) is 7.24. The Morgan fingerprint density at radius 2 is 1.88 bits per heavy atom. The highest BCUT2D eigenvalue weighted by atomic mass is 16.5. The lowest BCUT2D eigenvalue weighted by Gasteiger charge is -2.14. The van der Waals surface area contributed by atoms with Crippen LogP contribution in [0.2, 0.25) is 0 Å². The predicted octanol–water partition coefficient (Wildman–Crippen LogP) is 1.71. The maximum absolute atomic E-state index is 11.9. The lowest BCUT2D eigenvalue weighted by atomic mass is 10.2. The molecule has 2 aromatic heterocycles. The van der Waals surface area contributed by atoms with Crippen molar-refractivity contribution in [1.82, 2.24) is 20.2 Å². The summed E-state index contributed by atoms with van der Waals surface area (Å²) in [6.07, 6.45) is 3.21. The second-order valence-electron chi connectivity index (χ2n) is 4.93. The SMILES string of the molecule is CN(CC(=O)OCc1nnc(-c2ccccc2)o1)c1ncccn1. The summed E-state index contributed by atoms with van der Waals surface area (Å²) in [5.74, 6) is 0.625. The van der Waals surface area contributed by atoms with Crippen molar-refractivity contribution in [1.29, 1.82) is 0 Å². The zero-order valence-corrected chi connectivity index (χ0v) is 13.0. The van der Waals surface area contributed by atoms with E-state index in [-0.39, 0.29) is 19.0 Å². The van der Waals surface area contributed by atoms with Gasteiger partial charge in [0.1, 0.15) is 6.54 Å². The number of likely N-dealkylation sites (N-methyl/N-ethyl adjacent to an activating group) is 1. The molecular formula is C16H15N5O3. The van der Waals surface area contributed by atoms with Gasteiger partial charge in [0.25, 0.3) is 5.89 Å². The summed E-state index contributed by atoms with van der Waals surface area (Å²) < 4.78 is 10.6. The molecule has 0 atom stereocenters. The lowest BCUT2D eigenvalue weighted by molar-refractivity contribution is -0.143. The second kappa shape index (κ2) is 7.32. The van der Waals surface area contributed by atoms with Gasteiger partial charge in [-0.05, 0) is 18.2 Å². The Morgan fingerprint density at radius 1 is 1.12 bits per heavy atom. The average Bonchev–Trinajstić information content (AvgIpc) is 3.10. The van der Waals surface area contributed by atoms with E-state index in [2.05, 4.69) is 20.2 Å². The quantitative estimate of drug-likeness (QED) is 0.632. The molecule has 0 bridgehead atoms. The van der Waals surface area contributed by atoms with E-state index in [1.807, 2.05) is 30.3 Å². The molecule has 0 fully saturated rings. The molecule has 8 nitrogen and oxygen atoms in total. The summed E-state index contributed by atoms with van der Waals surface area (Å²) in [5, 5.41) is 7.80. The summed E-state index contributed by atoms with van der Waals surface area (Å²) in [7, 11) is 1.71. The molecule has 0 radical (unpaired) electrons. The Bertz CT molecular complexity index is 792. The molecule has 24 heavy (non-hydrogen) atoms. The van der Waals surface area contributed by atoms with Crippen molar-refractivity contribution >= 4 is 11.9 Å². The molecule has 0 N–H and O–H groups in total. The number of benzene rings is 1. The third-order valence-corrected chi connectivity index (χ3v) is 3.10. The number of nitrogens with zero attached hydrogens (tertiary/aromatic N) is 5. The predicted molar refractivity (Wildman–Crippen MR) is 84.8 cm³/mol. The average molecular weight is 325 g/mol. The van der Waals surface area contributed by atoms with E-state index in [9.17, 15) is 4.79 Å². The zero-order chi connectivity index (χ0) is 16.8. The second-order valence-corrected chi connectivity index (χ2v) is 4.93. The molecule has 0 amide bonds. The molecule has 0 saturated carbocycles. The molecule has 0 unspecified atom stereocenters. The number of esters is 1. The first-order valence-electron chi connectivity index (χ1n) is 7.24. The largest absolute Gasteiger partial charge is 0.454 e. The molecule has 122 valence electrons. The summed E-state index contributed by atoms with van der Waals surface area (Å²) in [4.78, 5) is 21.6. The van der Waals surface area contributed by atoms with Gasteiger partial charge in [0.05, 0.1) is 0 Å². The number of hydrogen-bond donors (Lipinski definition) is 0. The van der Waals surface area contributed by atoms with E-state index >= 15 is 0 Å². The molecule has 8 heteroatoms. The minimum absolute atomic E-state index is 0.0176. The van der Waals surface area contributed by atoms with Crippen LogP contribution < -0.4 is 4.90 Å². The van der Waals surface area contributed by atoms with Gasteiger partial charge in [-0.15, -0.1) is 10.2 Å². The Labute approximate surface area is 138 Å². The number of rotatable bonds is 6. The van der Waals surface area contributed by atoms with Crippen LogP contribution >= 0.6 is 0 Å². The summed E-state index contributed by atoms with van der Waals surface area (Å²) in [6, 6.07) is 11.1. The van der Waals surface area contributed by atoms with E-state index in [0.717, 1.165) is 5.56 Å². The van der Waals surface area contributed by atoms with Gasteiger partial charge in [-0.2, -0.15) is 0 Å². The Morgan fingerprint density at radius 3 is 2.62 bits per heavy atom. The monoisotopic (exact) mass is 325 g/mol. The fourth-order valence-corrected chi connectivity index (χ4v) is 1.95. The third-order valence-electron chi connectivity index (χ3n) is 3.10. The van der Waals surface area contributed by atoms with E-state index in [4.69, 9.17) is 9.15 Å². The molecule has 0 spiro atoms. The van der Waals surface area contributed by atoms with Gasteiger partial charge in [0.2, 0.25) is 11.8 Å². The summed E-state index contributed by atoms with van der Waals surface area (Å²) in [6.45, 7) is -0.0636. The van der Waals surface area contributed by atoms with Gasteiger partial charge in [-0.25, -0.2) is 9.97 Å².